The van der Waals surface area contributed by atoms with E-state index in [0.29, 0.717) is 24.7 Å². The number of rotatable bonds is 2. The highest BCUT2D eigenvalue weighted by Crippen LogP contribution is 2.19. The molecular weight excluding hydrogens is 246 g/mol. The molecule has 19 heavy (non-hydrogen) atoms. The SMILES string of the molecule is O=C(O)c1cccc2cnc(N3CCOCC3)nc12. The summed E-state index contributed by atoms with van der Waals surface area (Å²) in [6.45, 7) is 2.73. The van der Waals surface area contributed by atoms with Crippen LogP contribution in [0.15, 0.2) is 24.4 Å². The van der Waals surface area contributed by atoms with Crippen LogP contribution >= 0.6 is 0 Å². The maximum Gasteiger partial charge on any atom is 0.337 e. The highest BCUT2D eigenvalue weighted by Gasteiger charge is 2.16. The molecule has 0 aliphatic carbocycles. The average molecular weight is 259 g/mol. The molecule has 6 nitrogen and oxygen atoms in total. The smallest absolute Gasteiger partial charge is 0.337 e. The number of aromatic carboxylic acids is 1. The third-order valence-electron chi connectivity index (χ3n) is 3.12. The van der Waals surface area contributed by atoms with Crippen LogP contribution in [0.2, 0.25) is 0 Å². The third-order valence-corrected chi connectivity index (χ3v) is 3.12. The number of aromatic nitrogens is 2. The van der Waals surface area contributed by atoms with E-state index in [0.717, 1.165) is 18.5 Å². The molecule has 0 radical (unpaired) electrons. The van der Waals surface area contributed by atoms with Crippen molar-refractivity contribution in [1.82, 2.24) is 9.97 Å². The van der Waals surface area contributed by atoms with Crippen LogP contribution < -0.4 is 4.90 Å². The van der Waals surface area contributed by atoms with Crippen LogP contribution in [0.3, 0.4) is 0 Å². The Morgan fingerprint density at radius 1 is 1.32 bits per heavy atom. The number of hydrogen-bond donors (Lipinski definition) is 1. The lowest BCUT2D eigenvalue weighted by atomic mass is 10.1. The molecule has 1 fully saturated rings. The van der Waals surface area contributed by atoms with Crippen molar-refractivity contribution in [3.63, 3.8) is 0 Å². The number of nitrogens with zero attached hydrogens (tertiary/aromatic N) is 3. The first kappa shape index (κ1) is 11.9. The zero-order valence-corrected chi connectivity index (χ0v) is 10.2. The van der Waals surface area contributed by atoms with Gasteiger partial charge in [-0.05, 0) is 6.07 Å². The lowest BCUT2D eigenvalue weighted by molar-refractivity contribution is 0.0699. The Morgan fingerprint density at radius 2 is 2.11 bits per heavy atom. The number of carboxylic acids is 1. The van der Waals surface area contributed by atoms with E-state index in [1.165, 1.54) is 0 Å². The van der Waals surface area contributed by atoms with Crippen LogP contribution in [0.25, 0.3) is 10.9 Å². The lowest BCUT2D eigenvalue weighted by Crippen LogP contribution is -2.37. The van der Waals surface area contributed by atoms with Crippen molar-refractivity contribution in [3.05, 3.63) is 30.0 Å². The maximum atomic E-state index is 11.2. The standard InChI is InChI=1S/C13H13N3O3/c17-12(18)10-3-1-2-9-8-14-13(15-11(9)10)16-4-6-19-7-5-16/h1-3,8H,4-7H2,(H,17,18). The molecule has 6 heteroatoms. The first-order chi connectivity index (χ1) is 9.25. The molecule has 1 aromatic carbocycles. The molecule has 0 atom stereocenters. The first-order valence-corrected chi connectivity index (χ1v) is 6.07. The predicted molar refractivity (Wildman–Crippen MR) is 69.5 cm³/mol. The summed E-state index contributed by atoms with van der Waals surface area (Å²) in [6.07, 6.45) is 1.67. The molecule has 98 valence electrons. The van der Waals surface area contributed by atoms with Crippen molar-refractivity contribution in [2.24, 2.45) is 0 Å². The van der Waals surface area contributed by atoms with E-state index in [2.05, 4.69) is 9.97 Å². The largest absolute Gasteiger partial charge is 0.478 e. The van der Waals surface area contributed by atoms with E-state index >= 15 is 0 Å². The second kappa shape index (κ2) is 4.81. The van der Waals surface area contributed by atoms with Gasteiger partial charge in [0.15, 0.2) is 0 Å². The lowest BCUT2D eigenvalue weighted by Gasteiger charge is -2.26. The molecular formula is C13H13N3O3. The van der Waals surface area contributed by atoms with E-state index in [1.807, 2.05) is 11.0 Å². The van der Waals surface area contributed by atoms with Crippen molar-refractivity contribution in [2.75, 3.05) is 31.2 Å². The fourth-order valence-electron chi connectivity index (χ4n) is 2.13. The molecule has 3 rings (SSSR count). The summed E-state index contributed by atoms with van der Waals surface area (Å²) in [4.78, 5) is 21.9. The number of benzene rings is 1. The Bertz CT molecular complexity index is 624. The van der Waals surface area contributed by atoms with Gasteiger partial charge in [0.2, 0.25) is 5.95 Å². The van der Waals surface area contributed by atoms with E-state index in [9.17, 15) is 9.90 Å². The molecule has 1 N–H and O–H groups in total. The Morgan fingerprint density at radius 3 is 2.84 bits per heavy atom. The number of carbonyl (C=O) groups is 1. The van der Waals surface area contributed by atoms with Crippen molar-refractivity contribution in [2.45, 2.75) is 0 Å². The van der Waals surface area contributed by atoms with E-state index < -0.39 is 5.97 Å². The maximum absolute atomic E-state index is 11.2. The van der Waals surface area contributed by atoms with Crippen LogP contribution in [0.4, 0.5) is 5.95 Å². The van der Waals surface area contributed by atoms with Gasteiger partial charge in [-0.2, -0.15) is 0 Å². The van der Waals surface area contributed by atoms with Gasteiger partial charge >= 0.3 is 5.97 Å². The topological polar surface area (TPSA) is 75.5 Å². The van der Waals surface area contributed by atoms with Gasteiger partial charge in [0.1, 0.15) is 0 Å². The number of para-hydroxylation sites is 1. The molecule has 0 unspecified atom stereocenters. The molecule has 0 bridgehead atoms. The third kappa shape index (κ3) is 2.22. The van der Waals surface area contributed by atoms with Crippen LogP contribution in [0, 0.1) is 0 Å². The molecule has 0 saturated carbocycles. The zero-order valence-electron chi connectivity index (χ0n) is 10.2. The van der Waals surface area contributed by atoms with Crippen LogP contribution in [-0.4, -0.2) is 47.3 Å². The number of hydrogen-bond acceptors (Lipinski definition) is 5. The molecule has 0 amide bonds. The van der Waals surface area contributed by atoms with Crippen molar-refractivity contribution in [3.8, 4) is 0 Å². The van der Waals surface area contributed by atoms with Crippen molar-refractivity contribution >= 4 is 22.8 Å². The Hall–Kier alpha value is -2.21. The van der Waals surface area contributed by atoms with E-state index in [1.54, 1.807) is 18.3 Å². The summed E-state index contributed by atoms with van der Waals surface area (Å²) >= 11 is 0. The molecule has 0 spiro atoms. The second-order valence-electron chi connectivity index (χ2n) is 4.32. The predicted octanol–water partition coefficient (Wildman–Crippen LogP) is 1.16. The zero-order chi connectivity index (χ0) is 13.2. The van der Waals surface area contributed by atoms with E-state index in [4.69, 9.17) is 4.74 Å². The number of carboxylic acid groups (broad SMARTS) is 1. The van der Waals surface area contributed by atoms with Gasteiger partial charge in [0.05, 0.1) is 24.3 Å². The van der Waals surface area contributed by atoms with Crippen LogP contribution in [-0.2, 0) is 4.74 Å². The highest BCUT2D eigenvalue weighted by atomic mass is 16.5. The summed E-state index contributed by atoms with van der Waals surface area (Å²) < 4.78 is 5.28. The van der Waals surface area contributed by atoms with Crippen molar-refractivity contribution in [1.29, 1.82) is 0 Å². The van der Waals surface area contributed by atoms with Gasteiger partial charge in [0.25, 0.3) is 0 Å². The summed E-state index contributed by atoms with van der Waals surface area (Å²) in [6, 6.07) is 5.06. The number of anilines is 1. The molecule has 2 heterocycles. The first-order valence-electron chi connectivity index (χ1n) is 6.07. The van der Waals surface area contributed by atoms with Gasteiger partial charge in [-0.3, -0.25) is 0 Å². The number of fused-ring (bicyclic) bond motifs is 1. The Labute approximate surface area is 109 Å². The molecule has 1 saturated heterocycles. The normalized spacial score (nSPS) is 15.7. The van der Waals surface area contributed by atoms with Gasteiger partial charge < -0.3 is 14.7 Å². The minimum absolute atomic E-state index is 0.203. The molecule has 1 aliphatic rings. The Balaban J connectivity index is 2.08. The van der Waals surface area contributed by atoms with Gasteiger partial charge in [0, 0.05) is 24.7 Å². The summed E-state index contributed by atoms with van der Waals surface area (Å²) in [5.74, 6) is -0.415. The highest BCUT2D eigenvalue weighted by molar-refractivity contribution is 6.01. The quantitative estimate of drug-likeness (QED) is 0.872. The molecule has 1 aliphatic heterocycles. The van der Waals surface area contributed by atoms with Crippen LogP contribution in [0.1, 0.15) is 10.4 Å². The summed E-state index contributed by atoms with van der Waals surface area (Å²) in [7, 11) is 0. The van der Waals surface area contributed by atoms with E-state index in [-0.39, 0.29) is 5.56 Å². The van der Waals surface area contributed by atoms with Gasteiger partial charge in [-0.1, -0.05) is 12.1 Å². The van der Waals surface area contributed by atoms with Gasteiger partial charge in [-0.25, -0.2) is 14.8 Å². The van der Waals surface area contributed by atoms with Crippen molar-refractivity contribution < 1.29 is 14.6 Å². The Kier molecular flexibility index (Phi) is 3.00. The fraction of sp³-hybridized carbons (Fsp3) is 0.308. The monoisotopic (exact) mass is 259 g/mol. The molecule has 2 aromatic rings. The van der Waals surface area contributed by atoms with Crippen LogP contribution in [0.5, 0.6) is 0 Å². The minimum Gasteiger partial charge on any atom is -0.478 e. The second-order valence-corrected chi connectivity index (χ2v) is 4.32. The number of morpholine rings is 1. The molecule has 1 aromatic heterocycles. The summed E-state index contributed by atoms with van der Waals surface area (Å²) in [5.41, 5.74) is 0.681. The minimum atomic E-state index is -0.975. The average Bonchev–Trinajstić information content (AvgIpc) is 2.47. The van der Waals surface area contributed by atoms with Gasteiger partial charge in [-0.15, -0.1) is 0 Å². The number of ether oxygens (including phenoxy) is 1. The summed E-state index contributed by atoms with van der Waals surface area (Å²) in [5, 5.41) is 9.92. The fourth-order valence-corrected chi connectivity index (χ4v) is 2.13.